The SMILES string of the molecule is Cc1cc(C(N)=S)cc(N(C)C2CCS(=O)(=O)C2)n1. The average Bonchev–Trinajstić information content (AvgIpc) is 2.68. The lowest BCUT2D eigenvalue weighted by Gasteiger charge is -2.25. The van der Waals surface area contributed by atoms with Crippen molar-refractivity contribution in [3.63, 3.8) is 0 Å². The molecule has 0 bridgehead atoms. The number of aryl methyl sites for hydroxylation is 1. The molecule has 1 aliphatic heterocycles. The molecule has 5 nitrogen and oxygen atoms in total. The minimum atomic E-state index is -2.90. The Balaban J connectivity index is 2.29. The van der Waals surface area contributed by atoms with Gasteiger partial charge in [-0.1, -0.05) is 12.2 Å². The van der Waals surface area contributed by atoms with Crippen LogP contribution in [0.25, 0.3) is 0 Å². The van der Waals surface area contributed by atoms with E-state index < -0.39 is 9.84 Å². The van der Waals surface area contributed by atoms with Gasteiger partial charge in [-0.2, -0.15) is 0 Å². The van der Waals surface area contributed by atoms with Crippen LogP contribution in [-0.4, -0.2) is 43.0 Å². The van der Waals surface area contributed by atoms with E-state index in [9.17, 15) is 8.42 Å². The minimum Gasteiger partial charge on any atom is -0.389 e. The maximum Gasteiger partial charge on any atom is 0.152 e. The van der Waals surface area contributed by atoms with Crippen molar-refractivity contribution < 1.29 is 8.42 Å². The minimum absolute atomic E-state index is 0.0292. The molecule has 1 saturated heterocycles. The summed E-state index contributed by atoms with van der Waals surface area (Å²) in [7, 11) is -1.05. The molecule has 1 unspecified atom stereocenters. The molecule has 0 aromatic carbocycles. The summed E-state index contributed by atoms with van der Waals surface area (Å²) in [4.78, 5) is 6.65. The molecule has 1 aromatic rings. The van der Waals surface area contributed by atoms with Crippen LogP contribution < -0.4 is 10.6 Å². The normalized spacial score (nSPS) is 21.3. The first kappa shape index (κ1) is 14.2. The van der Waals surface area contributed by atoms with E-state index in [0.29, 0.717) is 17.2 Å². The largest absolute Gasteiger partial charge is 0.389 e. The second kappa shape index (κ2) is 5.05. The van der Waals surface area contributed by atoms with Crippen molar-refractivity contribution in [2.75, 3.05) is 23.5 Å². The molecule has 2 rings (SSSR count). The van der Waals surface area contributed by atoms with Gasteiger partial charge < -0.3 is 10.6 Å². The van der Waals surface area contributed by atoms with Crippen molar-refractivity contribution in [3.05, 3.63) is 23.4 Å². The quantitative estimate of drug-likeness (QED) is 0.826. The van der Waals surface area contributed by atoms with Crippen LogP contribution in [0.1, 0.15) is 17.7 Å². The highest BCUT2D eigenvalue weighted by Gasteiger charge is 2.31. The lowest BCUT2D eigenvalue weighted by molar-refractivity contribution is 0.600. The highest BCUT2D eigenvalue weighted by atomic mass is 32.2. The summed E-state index contributed by atoms with van der Waals surface area (Å²) in [5.41, 5.74) is 7.21. The first-order valence-corrected chi connectivity index (χ1v) is 8.23. The Labute approximate surface area is 118 Å². The van der Waals surface area contributed by atoms with Crippen molar-refractivity contribution in [1.29, 1.82) is 0 Å². The van der Waals surface area contributed by atoms with Gasteiger partial charge in [0, 0.05) is 24.3 Å². The fourth-order valence-electron chi connectivity index (χ4n) is 2.24. The number of aromatic nitrogens is 1. The van der Waals surface area contributed by atoms with E-state index in [-0.39, 0.29) is 17.5 Å². The number of thiocarbonyl (C=S) groups is 1. The molecule has 1 fully saturated rings. The molecular weight excluding hydrogens is 282 g/mol. The van der Waals surface area contributed by atoms with Crippen molar-refractivity contribution in [3.8, 4) is 0 Å². The van der Waals surface area contributed by atoms with Crippen LogP contribution in [0.3, 0.4) is 0 Å². The lowest BCUT2D eigenvalue weighted by atomic mass is 10.2. The molecule has 0 aliphatic carbocycles. The zero-order valence-corrected chi connectivity index (χ0v) is 12.6. The maximum absolute atomic E-state index is 11.5. The molecule has 0 spiro atoms. The van der Waals surface area contributed by atoms with Gasteiger partial charge in [-0.25, -0.2) is 13.4 Å². The third-order valence-electron chi connectivity index (χ3n) is 3.34. The number of pyridine rings is 1. The van der Waals surface area contributed by atoms with Gasteiger partial charge in [0.1, 0.15) is 10.8 Å². The molecule has 1 aromatic heterocycles. The fourth-order valence-corrected chi connectivity index (χ4v) is 4.13. The summed E-state index contributed by atoms with van der Waals surface area (Å²) >= 11 is 4.97. The van der Waals surface area contributed by atoms with Gasteiger partial charge in [0.2, 0.25) is 0 Å². The number of sulfone groups is 1. The Kier molecular flexibility index (Phi) is 3.78. The molecule has 19 heavy (non-hydrogen) atoms. The monoisotopic (exact) mass is 299 g/mol. The number of hydrogen-bond acceptors (Lipinski definition) is 5. The number of hydrogen-bond donors (Lipinski definition) is 1. The standard InChI is InChI=1S/C12H17N3O2S2/c1-8-5-9(12(13)18)6-11(14-8)15(2)10-3-4-19(16,17)7-10/h5-6,10H,3-4,7H2,1-2H3,(H2,13,18). The van der Waals surface area contributed by atoms with Crippen LogP contribution in [0.4, 0.5) is 5.82 Å². The summed E-state index contributed by atoms with van der Waals surface area (Å²) in [6.45, 7) is 1.87. The zero-order chi connectivity index (χ0) is 14.2. The Hall–Kier alpha value is -1.21. The van der Waals surface area contributed by atoms with Crippen LogP contribution >= 0.6 is 12.2 Å². The fraction of sp³-hybridized carbons (Fsp3) is 0.500. The van der Waals surface area contributed by atoms with Crippen LogP contribution in [0.5, 0.6) is 0 Å². The molecule has 1 atom stereocenters. The van der Waals surface area contributed by atoms with Gasteiger partial charge in [-0.05, 0) is 25.5 Å². The molecule has 0 saturated carbocycles. The Morgan fingerprint density at radius 2 is 2.21 bits per heavy atom. The number of nitrogens with zero attached hydrogens (tertiary/aromatic N) is 2. The summed E-state index contributed by atoms with van der Waals surface area (Å²) in [6.07, 6.45) is 0.636. The van der Waals surface area contributed by atoms with Gasteiger partial charge in [0.05, 0.1) is 11.5 Å². The first-order valence-electron chi connectivity index (χ1n) is 6.00. The van der Waals surface area contributed by atoms with Crippen LogP contribution in [0.15, 0.2) is 12.1 Å². The highest BCUT2D eigenvalue weighted by Crippen LogP contribution is 2.22. The summed E-state index contributed by atoms with van der Waals surface area (Å²) in [6, 6.07) is 3.60. The van der Waals surface area contributed by atoms with Crippen LogP contribution in [0, 0.1) is 6.92 Å². The molecule has 0 amide bonds. The maximum atomic E-state index is 11.5. The Bertz CT molecular complexity index is 613. The van der Waals surface area contributed by atoms with E-state index in [1.54, 1.807) is 6.07 Å². The van der Waals surface area contributed by atoms with Crippen molar-refractivity contribution >= 4 is 32.9 Å². The Morgan fingerprint density at radius 1 is 1.53 bits per heavy atom. The first-order chi connectivity index (χ1) is 8.78. The Morgan fingerprint density at radius 3 is 2.74 bits per heavy atom. The molecule has 104 valence electrons. The molecule has 1 aliphatic rings. The van der Waals surface area contributed by atoms with Crippen molar-refractivity contribution in [2.45, 2.75) is 19.4 Å². The molecule has 0 radical (unpaired) electrons. The predicted molar refractivity (Wildman–Crippen MR) is 80.3 cm³/mol. The second-order valence-electron chi connectivity index (χ2n) is 4.89. The topological polar surface area (TPSA) is 76.3 Å². The number of anilines is 1. The molecule has 2 N–H and O–H groups in total. The zero-order valence-electron chi connectivity index (χ0n) is 11.0. The summed E-state index contributed by atoms with van der Waals surface area (Å²) in [5, 5.41) is 0. The predicted octanol–water partition coefficient (Wildman–Crippen LogP) is 0.648. The van der Waals surface area contributed by atoms with Crippen molar-refractivity contribution in [2.24, 2.45) is 5.73 Å². The van der Waals surface area contributed by atoms with E-state index in [2.05, 4.69) is 4.98 Å². The van der Waals surface area contributed by atoms with E-state index in [0.717, 1.165) is 11.3 Å². The van der Waals surface area contributed by atoms with E-state index in [1.807, 2.05) is 24.9 Å². The van der Waals surface area contributed by atoms with Gasteiger partial charge in [0.15, 0.2) is 9.84 Å². The third kappa shape index (κ3) is 3.22. The number of rotatable bonds is 3. The highest BCUT2D eigenvalue weighted by molar-refractivity contribution is 7.91. The summed E-state index contributed by atoms with van der Waals surface area (Å²) in [5.74, 6) is 1.14. The average molecular weight is 299 g/mol. The number of nitrogens with two attached hydrogens (primary N) is 1. The van der Waals surface area contributed by atoms with Gasteiger partial charge >= 0.3 is 0 Å². The van der Waals surface area contributed by atoms with E-state index in [1.165, 1.54) is 0 Å². The molecular formula is C12H17N3O2S2. The second-order valence-corrected chi connectivity index (χ2v) is 7.56. The summed E-state index contributed by atoms with van der Waals surface area (Å²) < 4.78 is 23.1. The van der Waals surface area contributed by atoms with Crippen LogP contribution in [-0.2, 0) is 9.84 Å². The van der Waals surface area contributed by atoms with E-state index >= 15 is 0 Å². The van der Waals surface area contributed by atoms with Gasteiger partial charge in [-0.15, -0.1) is 0 Å². The van der Waals surface area contributed by atoms with Crippen molar-refractivity contribution in [1.82, 2.24) is 4.98 Å². The molecule has 2 heterocycles. The van der Waals surface area contributed by atoms with E-state index in [4.69, 9.17) is 18.0 Å². The molecule has 7 heteroatoms. The van der Waals surface area contributed by atoms with Crippen LogP contribution in [0.2, 0.25) is 0 Å². The van der Waals surface area contributed by atoms with Gasteiger partial charge in [-0.3, -0.25) is 0 Å². The third-order valence-corrected chi connectivity index (χ3v) is 5.33. The van der Waals surface area contributed by atoms with Gasteiger partial charge in [0.25, 0.3) is 0 Å². The lowest BCUT2D eigenvalue weighted by Crippen LogP contribution is -2.33. The smallest absolute Gasteiger partial charge is 0.152 e.